The lowest BCUT2D eigenvalue weighted by Gasteiger charge is -2.23. The molecule has 1 heterocycles. The van der Waals surface area contributed by atoms with Crippen LogP contribution in [0.15, 0.2) is 66.7 Å². The minimum atomic E-state index is -4.78. The highest BCUT2D eigenvalue weighted by molar-refractivity contribution is 6.04. The third kappa shape index (κ3) is 5.01. The van der Waals surface area contributed by atoms with E-state index < -0.39 is 18.0 Å². The molecule has 8 heteroatoms. The molecule has 3 aromatic carbocycles. The van der Waals surface area contributed by atoms with Crippen molar-refractivity contribution in [2.24, 2.45) is 0 Å². The van der Waals surface area contributed by atoms with Gasteiger partial charge in [-0.1, -0.05) is 37.1 Å². The maximum Gasteiger partial charge on any atom is 0.573 e. The molecule has 0 saturated heterocycles. The van der Waals surface area contributed by atoms with Crippen molar-refractivity contribution >= 4 is 17.5 Å². The van der Waals surface area contributed by atoms with Crippen LogP contribution in [0.2, 0.25) is 0 Å². The van der Waals surface area contributed by atoms with E-state index in [-0.39, 0.29) is 11.5 Å². The minimum absolute atomic E-state index is 0.101. The second kappa shape index (κ2) is 9.09. The van der Waals surface area contributed by atoms with E-state index >= 15 is 0 Å². The molecule has 0 radical (unpaired) electrons. The summed E-state index contributed by atoms with van der Waals surface area (Å²) in [5.41, 5.74) is 4.38. The number of amides is 2. The number of alkyl halides is 3. The van der Waals surface area contributed by atoms with Crippen LogP contribution < -0.4 is 10.1 Å². The van der Waals surface area contributed by atoms with E-state index in [2.05, 4.69) is 10.1 Å². The van der Waals surface area contributed by atoms with E-state index in [1.807, 2.05) is 35.2 Å². The van der Waals surface area contributed by atoms with Gasteiger partial charge in [0.2, 0.25) is 0 Å². The van der Waals surface area contributed by atoms with Crippen LogP contribution in [-0.4, -0.2) is 29.1 Å². The molecule has 5 rings (SSSR count). The van der Waals surface area contributed by atoms with E-state index in [1.165, 1.54) is 25.0 Å². The first kappa shape index (κ1) is 23.0. The number of fused-ring (bicyclic) bond motifs is 1. The monoisotopic (exact) mass is 480 g/mol. The van der Waals surface area contributed by atoms with Crippen molar-refractivity contribution in [1.29, 1.82) is 0 Å². The predicted octanol–water partition coefficient (Wildman–Crippen LogP) is 6.40. The molecular formula is C27H23F3N2O3. The number of hydrogen-bond acceptors (Lipinski definition) is 3. The topological polar surface area (TPSA) is 58.6 Å². The van der Waals surface area contributed by atoms with Crippen LogP contribution in [0, 0.1) is 0 Å². The third-order valence-corrected chi connectivity index (χ3v) is 6.53. The Kier molecular flexibility index (Phi) is 5.96. The number of nitrogens with one attached hydrogen (secondary N) is 1. The second-order valence-electron chi connectivity index (χ2n) is 8.85. The summed E-state index contributed by atoms with van der Waals surface area (Å²) in [6, 6.07) is 18.2. The zero-order chi connectivity index (χ0) is 24.6. The van der Waals surface area contributed by atoms with Gasteiger partial charge in [0.05, 0.1) is 0 Å². The first-order valence-electron chi connectivity index (χ1n) is 11.5. The molecule has 180 valence electrons. The van der Waals surface area contributed by atoms with Crippen molar-refractivity contribution in [2.45, 2.75) is 44.6 Å². The van der Waals surface area contributed by atoms with Gasteiger partial charge >= 0.3 is 6.36 Å². The van der Waals surface area contributed by atoms with Crippen LogP contribution in [-0.2, 0) is 6.54 Å². The Morgan fingerprint density at radius 3 is 2.23 bits per heavy atom. The normalized spacial score (nSPS) is 15.9. The number of carbonyl (C=O) groups is 2. The van der Waals surface area contributed by atoms with Crippen molar-refractivity contribution < 1.29 is 27.5 Å². The van der Waals surface area contributed by atoms with Crippen molar-refractivity contribution in [3.05, 3.63) is 83.4 Å². The molecule has 2 amide bonds. The SMILES string of the molecule is O=C(Nc1ccc(-c2ccc3c(c2)C(=O)N(C2CCCC2)C3)cc1)c1ccc(OC(F)(F)F)cc1. The summed E-state index contributed by atoms with van der Waals surface area (Å²) in [6.07, 6.45) is -0.281. The predicted molar refractivity (Wildman–Crippen MR) is 125 cm³/mol. The fourth-order valence-electron chi connectivity index (χ4n) is 4.77. The summed E-state index contributed by atoms with van der Waals surface area (Å²) in [5, 5.41) is 2.73. The van der Waals surface area contributed by atoms with E-state index in [9.17, 15) is 22.8 Å². The van der Waals surface area contributed by atoms with Gasteiger partial charge in [0.15, 0.2) is 0 Å². The molecule has 0 spiro atoms. The molecule has 1 aliphatic carbocycles. The van der Waals surface area contributed by atoms with Gasteiger partial charge in [-0.05, 0) is 72.0 Å². The van der Waals surface area contributed by atoms with Gasteiger partial charge in [-0.15, -0.1) is 13.2 Å². The first-order valence-corrected chi connectivity index (χ1v) is 11.5. The fourth-order valence-corrected chi connectivity index (χ4v) is 4.77. The van der Waals surface area contributed by atoms with Crippen molar-refractivity contribution in [3.63, 3.8) is 0 Å². The minimum Gasteiger partial charge on any atom is -0.406 e. The molecule has 5 nitrogen and oxygen atoms in total. The van der Waals surface area contributed by atoms with E-state index in [4.69, 9.17) is 0 Å². The lowest BCUT2D eigenvalue weighted by Crippen LogP contribution is -2.33. The number of nitrogens with zero attached hydrogens (tertiary/aromatic N) is 1. The number of ether oxygens (including phenoxy) is 1. The Labute approximate surface area is 200 Å². The molecule has 0 aromatic heterocycles. The molecule has 3 aromatic rings. The van der Waals surface area contributed by atoms with Gasteiger partial charge in [-0.25, -0.2) is 0 Å². The molecule has 0 unspecified atom stereocenters. The summed E-state index contributed by atoms with van der Waals surface area (Å²) in [5.74, 6) is -0.742. The van der Waals surface area contributed by atoms with E-state index in [0.29, 0.717) is 18.3 Å². The zero-order valence-corrected chi connectivity index (χ0v) is 18.8. The van der Waals surface area contributed by atoms with Crippen molar-refractivity contribution in [2.75, 3.05) is 5.32 Å². The third-order valence-electron chi connectivity index (χ3n) is 6.53. The molecular weight excluding hydrogens is 457 g/mol. The average molecular weight is 480 g/mol. The Hall–Kier alpha value is -3.81. The summed E-state index contributed by atoms with van der Waals surface area (Å²) in [7, 11) is 0. The van der Waals surface area contributed by atoms with Gasteiger partial charge in [0.25, 0.3) is 11.8 Å². The number of carbonyl (C=O) groups excluding carboxylic acids is 2. The quantitative estimate of drug-likeness (QED) is 0.460. The van der Waals surface area contributed by atoms with Crippen LogP contribution in [0.5, 0.6) is 5.75 Å². The number of hydrogen-bond donors (Lipinski definition) is 1. The summed E-state index contributed by atoms with van der Waals surface area (Å²) >= 11 is 0. The molecule has 1 fully saturated rings. The number of halogens is 3. The number of anilines is 1. The highest BCUT2D eigenvalue weighted by atomic mass is 19.4. The maximum atomic E-state index is 13.0. The molecule has 1 aliphatic heterocycles. The molecule has 2 aliphatic rings. The number of benzene rings is 3. The zero-order valence-electron chi connectivity index (χ0n) is 18.8. The highest BCUT2D eigenvalue weighted by Gasteiger charge is 2.34. The van der Waals surface area contributed by atoms with E-state index in [0.717, 1.165) is 47.2 Å². The highest BCUT2D eigenvalue weighted by Crippen LogP contribution is 2.34. The standard InChI is InChI=1S/C27H23F3N2O3/c28-27(29,30)35-23-13-9-18(10-14-23)25(33)31-21-11-7-17(8-12-21)19-5-6-20-16-32(22-3-1-2-4-22)26(34)24(20)15-19/h5-15,22H,1-4,16H2,(H,31,33). The lowest BCUT2D eigenvalue weighted by atomic mass is 10.00. The van der Waals surface area contributed by atoms with Crippen LogP contribution in [0.4, 0.5) is 18.9 Å². The molecule has 1 N–H and O–H groups in total. The molecule has 0 bridgehead atoms. The number of rotatable bonds is 5. The van der Waals surface area contributed by atoms with Crippen molar-refractivity contribution in [3.8, 4) is 16.9 Å². The summed E-state index contributed by atoms with van der Waals surface area (Å²) in [6.45, 7) is 0.674. The van der Waals surface area contributed by atoms with Crippen LogP contribution in [0.25, 0.3) is 11.1 Å². The fraction of sp³-hybridized carbons (Fsp3) is 0.259. The van der Waals surface area contributed by atoms with Crippen LogP contribution >= 0.6 is 0 Å². The van der Waals surface area contributed by atoms with Crippen molar-refractivity contribution in [1.82, 2.24) is 4.90 Å². The van der Waals surface area contributed by atoms with Gasteiger partial charge in [0.1, 0.15) is 5.75 Å². The van der Waals surface area contributed by atoms with E-state index in [1.54, 1.807) is 12.1 Å². The average Bonchev–Trinajstić information content (AvgIpc) is 3.47. The van der Waals surface area contributed by atoms with Gasteiger partial charge < -0.3 is 15.0 Å². The van der Waals surface area contributed by atoms with Gasteiger partial charge in [-0.2, -0.15) is 0 Å². The van der Waals surface area contributed by atoms with Gasteiger partial charge in [-0.3, -0.25) is 9.59 Å². The molecule has 1 saturated carbocycles. The Balaban J connectivity index is 1.25. The maximum absolute atomic E-state index is 13.0. The molecule has 35 heavy (non-hydrogen) atoms. The van der Waals surface area contributed by atoms with Gasteiger partial charge in [0, 0.05) is 29.4 Å². The molecule has 0 atom stereocenters. The smallest absolute Gasteiger partial charge is 0.406 e. The van der Waals surface area contributed by atoms with Crippen LogP contribution in [0.3, 0.4) is 0 Å². The lowest BCUT2D eigenvalue weighted by molar-refractivity contribution is -0.274. The second-order valence-corrected chi connectivity index (χ2v) is 8.85. The first-order chi connectivity index (χ1) is 16.8. The Morgan fingerprint density at radius 1 is 0.914 bits per heavy atom. The Morgan fingerprint density at radius 2 is 1.57 bits per heavy atom. The largest absolute Gasteiger partial charge is 0.573 e. The summed E-state index contributed by atoms with van der Waals surface area (Å²) in [4.78, 5) is 27.4. The van der Waals surface area contributed by atoms with Crippen LogP contribution in [0.1, 0.15) is 52.0 Å². The Bertz CT molecular complexity index is 1250. The summed E-state index contributed by atoms with van der Waals surface area (Å²) < 4.78 is 40.7.